The minimum Gasteiger partial charge on any atom is -0.383 e. The Morgan fingerprint density at radius 3 is 2.56 bits per heavy atom. The lowest BCUT2D eigenvalue weighted by Gasteiger charge is -2.23. The number of halogens is 1. The lowest BCUT2D eigenvalue weighted by Crippen LogP contribution is -2.38. The Balaban J connectivity index is 0.000000433. The van der Waals surface area contributed by atoms with Crippen molar-refractivity contribution in [2.75, 3.05) is 39.9 Å². The number of allylic oxidation sites excluding steroid dienone is 1. The van der Waals surface area contributed by atoms with Gasteiger partial charge in [-0.3, -0.25) is 9.69 Å². The molecule has 2 rings (SSSR count). The molecule has 1 amide bonds. The molecule has 0 saturated carbocycles. The van der Waals surface area contributed by atoms with Crippen LogP contribution in [0.5, 0.6) is 0 Å². The second-order valence-electron chi connectivity index (χ2n) is 5.97. The first kappa shape index (κ1) is 23.3. The molecule has 148 valence electrons. The maximum atomic E-state index is 11.9. The van der Waals surface area contributed by atoms with Crippen LogP contribution in [0.3, 0.4) is 0 Å². The van der Waals surface area contributed by atoms with Crippen molar-refractivity contribution in [1.29, 1.82) is 5.26 Å². The van der Waals surface area contributed by atoms with Gasteiger partial charge in [0, 0.05) is 18.1 Å². The van der Waals surface area contributed by atoms with Crippen LogP contribution in [0.2, 0.25) is 5.02 Å². The maximum absolute atomic E-state index is 11.9. The van der Waals surface area contributed by atoms with Crippen LogP contribution in [0.4, 0.5) is 0 Å². The number of likely N-dealkylation sites (N-methyl/N-ethyl adjacent to an activating group) is 1. The van der Waals surface area contributed by atoms with Crippen LogP contribution in [0, 0.1) is 18.3 Å². The molecule has 1 aliphatic heterocycles. The lowest BCUT2D eigenvalue weighted by molar-refractivity contribution is -0.128. The Morgan fingerprint density at radius 2 is 2.07 bits per heavy atom. The van der Waals surface area contributed by atoms with Gasteiger partial charge in [0.1, 0.15) is 16.8 Å². The van der Waals surface area contributed by atoms with Crippen LogP contribution in [-0.4, -0.2) is 55.6 Å². The Bertz CT molecular complexity index is 714. The SMILES string of the molecule is CN1CCOCC1.Cc1c(Cl)cccc1CN(C(=O)CN)/C(N)=C(/S)C#N. The predicted molar refractivity (Wildman–Crippen MR) is 110 cm³/mol. The first-order chi connectivity index (χ1) is 12.8. The molecule has 1 heterocycles. The number of rotatable bonds is 4. The van der Waals surface area contributed by atoms with E-state index in [0.717, 1.165) is 37.4 Å². The van der Waals surface area contributed by atoms with Crippen LogP contribution >= 0.6 is 24.2 Å². The molecule has 1 fully saturated rings. The quantitative estimate of drug-likeness (QED) is 0.511. The number of nitriles is 1. The van der Waals surface area contributed by atoms with Gasteiger partial charge in [0.15, 0.2) is 0 Å². The molecule has 1 aliphatic rings. The fraction of sp³-hybridized carbons (Fsp3) is 0.444. The highest BCUT2D eigenvalue weighted by Crippen LogP contribution is 2.21. The van der Waals surface area contributed by atoms with Crippen molar-refractivity contribution in [2.45, 2.75) is 13.5 Å². The van der Waals surface area contributed by atoms with E-state index in [1.807, 2.05) is 13.0 Å². The van der Waals surface area contributed by atoms with Crippen LogP contribution < -0.4 is 11.5 Å². The highest BCUT2D eigenvalue weighted by molar-refractivity contribution is 7.84. The van der Waals surface area contributed by atoms with Gasteiger partial charge in [-0.2, -0.15) is 5.26 Å². The molecule has 0 aliphatic carbocycles. The van der Waals surface area contributed by atoms with Gasteiger partial charge in [-0.25, -0.2) is 0 Å². The molecule has 7 nitrogen and oxygen atoms in total. The van der Waals surface area contributed by atoms with E-state index < -0.39 is 5.91 Å². The highest BCUT2D eigenvalue weighted by Gasteiger charge is 2.18. The summed E-state index contributed by atoms with van der Waals surface area (Å²) in [5, 5.41) is 9.41. The van der Waals surface area contributed by atoms with E-state index in [1.54, 1.807) is 18.2 Å². The molecule has 0 spiro atoms. The topological polar surface area (TPSA) is 109 Å². The zero-order valence-electron chi connectivity index (χ0n) is 15.6. The summed E-state index contributed by atoms with van der Waals surface area (Å²) in [5.41, 5.74) is 12.8. The van der Waals surface area contributed by atoms with Crippen molar-refractivity contribution in [3.63, 3.8) is 0 Å². The molecule has 27 heavy (non-hydrogen) atoms. The van der Waals surface area contributed by atoms with Gasteiger partial charge < -0.3 is 21.1 Å². The van der Waals surface area contributed by atoms with Crippen molar-refractivity contribution in [2.24, 2.45) is 11.5 Å². The van der Waals surface area contributed by atoms with Crippen molar-refractivity contribution in [3.05, 3.63) is 45.1 Å². The summed E-state index contributed by atoms with van der Waals surface area (Å²) in [7, 11) is 2.11. The molecule has 1 saturated heterocycles. The Kier molecular flexibility index (Phi) is 10.2. The number of hydrogen-bond donors (Lipinski definition) is 3. The Morgan fingerprint density at radius 1 is 1.44 bits per heavy atom. The summed E-state index contributed by atoms with van der Waals surface area (Å²) >= 11 is 9.98. The molecule has 0 unspecified atom stereocenters. The van der Waals surface area contributed by atoms with Gasteiger partial charge in [0.2, 0.25) is 5.91 Å². The highest BCUT2D eigenvalue weighted by atomic mass is 35.5. The minimum atomic E-state index is -0.399. The standard InChI is InChI=1S/C13H15ClN4OS.C5H11NO/c1-8-9(3-2-4-10(8)14)7-18(12(19)6-16)13(17)11(20)5-15;1-6-2-4-7-5-3-6/h2-4,20H,6-7,16-17H2,1H3;2-5H2,1H3/b13-11+;. The molecule has 0 aromatic heterocycles. The fourth-order valence-corrected chi connectivity index (χ4v) is 2.57. The minimum absolute atomic E-state index is 0.0225. The molecule has 0 atom stereocenters. The van der Waals surface area contributed by atoms with Gasteiger partial charge in [-0.1, -0.05) is 23.7 Å². The third kappa shape index (κ3) is 7.40. The van der Waals surface area contributed by atoms with E-state index in [0.29, 0.717) is 5.02 Å². The number of nitrogens with zero attached hydrogens (tertiary/aromatic N) is 3. The number of morpholine rings is 1. The molecular weight excluding hydrogens is 386 g/mol. The van der Waals surface area contributed by atoms with Crippen LogP contribution in [0.15, 0.2) is 28.9 Å². The number of benzene rings is 1. The summed E-state index contributed by atoms with van der Waals surface area (Å²) in [5.74, 6) is -0.422. The molecule has 9 heteroatoms. The summed E-state index contributed by atoms with van der Waals surface area (Å²) in [6.07, 6.45) is 0. The first-order valence-corrected chi connectivity index (χ1v) is 9.23. The maximum Gasteiger partial charge on any atom is 0.242 e. The second kappa shape index (κ2) is 11.8. The van der Waals surface area contributed by atoms with Gasteiger partial charge >= 0.3 is 0 Å². The summed E-state index contributed by atoms with van der Waals surface area (Å²) in [6.45, 7) is 5.83. The van der Waals surface area contributed by atoms with E-state index >= 15 is 0 Å². The molecular formula is C18H26ClN5O2S. The van der Waals surface area contributed by atoms with Gasteiger partial charge in [0.25, 0.3) is 0 Å². The second-order valence-corrected chi connectivity index (χ2v) is 6.82. The number of carbonyl (C=O) groups is 1. The van der Waals surface area contributed by atoms with E-state index in [2.05, 4.69) is 24.6 Å². The van der Waals surface area contributed by atoms with Crippen molar-refractivity contribution >= 4 is 30.1 Å². The van der Waals surface area contributed by atoms with Crippen LogP contribution in [-0.2, 0) is 16.1 Å². The van der Waals surface area contributed by atoms with Crippen molar-refractivity contribution < 1.29 is 9.53 Å². The predicted octanol–water partition coefficient (Wildman–Crippen LogP) is 1.47. The average Bonchev–Trinajstić information content (AvgIpc) is 2.68. The Labute approximate surface area is 170 Å². The molecule has 1 aromatic carbocycles. The number of nitrogens with two attached hydrogens (primary N) is 2. The lowest BCUT2D eigenvalue weighted by atomic mass is 10.1. The number of ether oxygens (including phenoxy) is 1. The zero-order valence-corrected chi connectivity index (χ0v) is 17.3. The molecule has 0 bridgehead atoms. The Hall–Kier alpha value is -1.76. The molecule has 0 radical (unpaired) electrons. The number of thiol groups is 1. The van der Waals surface area contributed by atoms with Crippen LogP contribution in [0.1, 0.15) is 11.1 Å². The first-order valence-electron chi connectivity index (χ1n) is 8.41. The third-order valence-electron chi connectivity index (χ3n) is 4.06. The van der Waals surface area contributed by atoms with E-state index in [9.17, 15) is 4.79 Å². The summed E-state index contributed by atoms with van der Waals surface area (Å²) in [6, 6.07) is 7.16. The van der Waals surface area contributed by atoms with E-state index in [1.165, 1.54) is 4.90 Å². The average molecular weight is 412 g/mol. The van der Waals surface area contributed by atoms with E-state index in [4.69, 9.17) is 33.1 Å². The summed E-state index contributed by atoms with van der Waals surface area (Å²) in [4.78, 5) is 15.3. The monoisotopic (exact) mass is 411 g/mol. The van der Waals surface area contributed by atoms with E-state index in [-0.39, 0.29) is 23.8 Å². The smallest absolute Gasteiger partial charge is 0.242 e. The van der Waals surface area contributed by atoms with Gasteiger partial charge in [-0.15, -0.1) is 12.6 Å². The number of hydrogen-bond acceptors (Lipinski definition) is 7. The summed E-state index contributed by atoms with van der Waals surface area (Å²) < 4.78 is 5.10. The van der Waals surface area contributed by atoms with Gasteiger partial charge in [0.05, 0.1) is 26.3 Å². The third-order valence-corrected chi connectivity index (χ3v) is 4.80. The number of amides is 1. The van der Waals surface area contributed by atoms with Crippen molar-refractivity contribution in [3.8, 4) is 6.07 Å². The molecule has 1 aromatic rings. The normalized spacial score (nSPS) is 15.1. The number of carbonyl (C=O) groups excluding carboxylic acids is 1. The molecule has 4 N–H and O–H groups in total. The van der Waals surface area contributed by atoms with Crippen molar-refractivity contribution in [1.82, 2.24) is 9.80 Å². The van der Waals surface area contributed by atoms with Gasteiger partial charge in [-0.05, 0) is 31.2 Å². The van der Waals surface area contributed by atoms with Crippen LogP contribution in [0.25, 0.3) is 0 Å². The fourth-order valence-electron chi connectivity index (χ4n) is 2.25. The largest absolute Gasteiger partial charge is 0.383 e. The zero-order chi connectivity index (χ0) is 20.4.